The van der Waals surface area contributed by atoms with E-state index in [4.69, 9.17) is 10.5 Å². The summed E-state index contributed by atoms with van der Waals surface area (Å²) < 4.78 is 7.16. The number of aryl methyl sites for hydroxylation is 2. The van der Waals surface area contributed by atoms with Gasteiger partial charge in [0.1, 0.15) is 17.3 Å². The zero-order chi connectivity index (χ0) is 12.9. The van der Waals surface area contributed by atoms with E-state index in [1.54, 1.807) is 17.9 Å². The third-order valence-electron chi connectivity index (χ3n) is 3.42. The topological polar surface area (TPSA) is 73.3 Å². The summed E-state index contributed by atoms with van der Waals surface area (Å²) in [6.45, 7) is 2.50. The largest absolute Gasteiger partial charge is 0.507 e. The van der Waals surface area contributed by atoms with Crippen molar-refractivity contribution in [2.75, 3.05) is 12.3 Å². The van der Waals surface area contributed by atoms with Crippen molar-refractivity contribution in [2.24, 2.45) is 7.05 Å². The molecule has 1 aliphatic heterocycles. The molecule has 5 nitrogen and oxygen atoms in total. The van der Waals surface area contributed by atoms with Gasteiger partial charge in [-0.05, 0) is 18.6 Å². The van der Waals surface area contributed by atoms with Gasteiger partial charge in [0.05, 0.1) is 12.8 Å². The summed E-state index contributed by atoms with van der Waals surface area (Å²) in [6, 6.07) is 1.87. The molecule has 1 aromatic carbocycles. The lowest BCUT2D eigenvalue weighted by molar-refractivity contribution is 0.356. The lowest BCUT2D eigenvalue weighted by Gasteiger charge is -2.11. The molecule has 1 aliphatic rings. The molecule has 94 valence electrons. The summed E-state index contributed by atoms with van der Waals surface area (Å²) in [5.74, 6) is 1.65. The average Bonchev–Trinajstić information content (AvgIpc) is 2.91. The predicted octanol–water partition coefficient (Wildman–Crippen LogP) is 1.62. The minimum absolute atomic E-state index is 0.263. The maximum atomic E-state index is 10.3. The van der Waals surface area contributed by atoms with Gasteiger partial charge >= 0.3 is 0 Å². The van der Waals surface area contributed by atoms with Gasteiger partial charge in [-0.25, -0.2) is 0 Å². The van der Waals surface area contributed by atoms with Crippen molar-refractivity contribution in [2.45, 2.75) is 13.3 Å². The highest BCUT2D eigenvalue weighted by Crippen LogP contribution is 2.44. The smallest absolute Gasteiger partial charge is 0.129 e. The molecule has 0 saturated carbocycles. The molecule has 18 heavy (non-hydrogen) atoms. The van der Waals surface area contributed by atoms with Gasteiger partial charge in [-0.3, -0.25) is 4.68 Å². The van der Waals surface area contributed by atoms with Crippen LogP contribution in [0.2, 0.25) is 0 Å². The Morgan fingerprint density at radius 2 is 2.28 bits per heavy atom. The number of aromatic nitrogens is 2. The number of rotatable bonds is 1. The van der Waals surface area contributed by atoms with E-state index >= 15 is 0 Å². The van der Waals surface area contributed by atoms with E-state index in [2.05, 4.69) is 5.10 Å². The summed E-state index contributed by atoms with van der Waals surface area (Å²) in [7, 11) is 1.78. The number of nitrogens with two attached hydrogens (primary N) is 1. The number of anilines is 1. The van der Waals surface area contributed by atoms with Crippen molar-refractivity contribution in [3.63, 3.8) is 0 Å². The first-order valence-electron chi connectivity index (χ1n) is 5.85. The van der Waals surface area contributed by atoms with E-state index < -0.39 is 0 Å². The Bertz CT molecular complexity index is 632. The summed E-state index contributed by atoms with van der Waals surface area (Å²) >= 11 is 0. The van der Waals surface area contributed by atoms with Crippen LogP contribution >= 0.6 is 0 Å². The molecule has 3 rings (SSSR count). The van der Waals surface area contributed by atoms with Crippen LogP contribution in [0, 0.1) is 6.92 Å². The number of aromatic hydroxyl groups is 1. The fourth-order valence-corrected chi connectivity index (χ4v) is 2.39. The van der Waals surface area contributed by atoms with Crippen molar-refractivity contribution in [3.05, 3.63) is 23.4 Å². The predicted molar refractivity (Wildman–Crippen MR) is 68.7 cm³/mol. The molecule has 0 atom stereocenters. The van der Waals surface area contributed by atoms with Crippen LogP contribution in [0.1, 0.15) is 11.1 Å². The van der Waals surface area contributed by atoms with Crippen molar-refractivity contribution >= 4 is 5.82 Å². The van der Waals surface area contributed by atoms with Crippen molar-refractivity contribution in [1.29, 1.82) is 0 Å². The summed E-state index contributed by atoms with van der Waals surface area (Å²) in [5.41, 5.74) is 9.32. The number of phenolic OH excluding ortho intramolecular Hbond substituents is 1. The number of ether oxygens (including phenoxy) is 1. The second-order valence-corrected chi connectivity index (χ2v) is 4.56. The van der Waals surface area contributed by atoms with Crippen LogP contribution in [0.25, 0.3) is 11.1 Å². The molecule has 2 heterocycles. The summed E-state index contributed by atoms with van der Waals surface area (Å²) in [6.07, 6.45) is 2.47. The van der Waals surface area contributed by atoms with E-state index in [1.807, 2.05) is 13.0 Å². The third kappa shape index (κ3) is 1.37. The van der Waals surface area contributed by atoms with Crippen LogP contribution in [-0.4, -0.2) is 21.5 Å². The molecule has 5 heteroatoms. The molecule has 0 bridgehead atoms. The van der Waals surface area contributed by atoms with E-state index in [-0.39, 0.29) is 5.75 Å². The third-order valence-corrected chi connectivity index (χ3v) is 3.42. The molecule has 3 N–H and O–H groups in total. The Hall–Kier alpha value is -2.17. The molecular weight excluding hydrogens is 230 g/mol. The zero-order valence-electron chi connectivity index (χ0n) is 10.4. The molecule has 0 amide bonds. The van der Waals surface area contributed by atoms with Gasteiger partial charge in [-0.2, -0.15) is 5.10 Å². The number of fused-ring (bicyclic) bond motifs is 1. The van der Waals surface area contributed by atoms with Crippen molar-refractivity contribution in [3.8, 4) is 22.6 Å². The Morgan fingerprint density at radius 1 is 1.50 bits per heavy atom. The minimum Gasteiger partial charge on any atom is -0.507 e. The lowest BCUT2D eigenvalue weighted by Crippen LogP contribution is -1.99. The normalized spacial score (nSPS) is 13.4. The second-order valence-electron chi connectivity index (χ2n) is 4.56. The highest BCUT2D eigenvalue weighted by atomic mass is 16.5. The Labute approximate surface area is 105 Å². The first kappa shape index (κ1) is 11.0. The molecule has 2 aromatic rings. The van der Waals surface area contributed by atoms with Gasteiger partial charge in [-0.1, -0.05) is 0 Å². The number of hydrogen-bond acceptors (Lipinski definition) is 4. The van der Waals surface area contributed by atoms with Crippen LogP contribution in [0.4, 0.5) is 5.82 Å². The molecule has 0 unspecified atom stereocenters. The van der Waals surface area contributed by atoms with Crippen molar-refractivity contribution < 1.29 is 9.84 Å². The molecule has 1 aromatic heterocycles. The molecule has 0 aliphatic carbocycles. The Kier molecular flexibility index (Phi) is 2.23. The second kappa shape index (κ2) is 3.66. The van der Waals surface area contributed by atoms with Crippen LogP contribution < -0.4 is 10.5 Å². The molecule has 0 spiro atoms. The fourth-order valence-electron chi connectivity index (χ4n) is 2.39. The van der Waals surface area contributed by atoms with E-state index in [9.17, 15) is 5.11 Å². The quantitative estimate of drug-likeness (QED) is 0.800. The SMILES string of the molecule is Cc1cc2c(c(-c3cnn(C)c3N)c1O)CCO2. The van der Waals surface area contributed by atoms with Gasteiger partial charge in [0.15, 0.2) is 0 Å². The van der Waals surface area contributed by atoms with Gasteiger partial charge < -0.3 is 15.6 Å². The van der Waals surface area contributed by atoms with Crippen LogP contribution in [0.15, 0.2) is 12.3 Å². The van der Waals surface area contributed by atoms with Crippen LogP contribution in [0.5, 0.6) is 11.5 Å². The monoisotopic (exact) mass is 245 g/mol. The van der Waals surface area contributed by atoms with E-state index in [1.165, 1.54) is 0 Å². The van der Waals surface area contributed by atoms with Gasteiger partial charge in [-0.15, -0.1) is 0 Å². The molecular formula is C13H15N3O2. The molecule has 0 fully saturated rings. The van der Waals surface area contributed by atoms with Crippen LogP contribution in [0.3, 0.4) is 0 Å². The lowest BCUT2D eigenvalue weighted by atomic mass is 9.96. The van der Waals surface area contributed by atoms with Gasteiger partial charge in [0, 0.05) is 30.2 Å². The molecule has 0 radical (unpaired) electrons. The molecule has 0 saturated heterocycles. The van der Waals surface area contributed by atoms with E-state index in [0.717, 1.165) is 34.4 Å². The number of hydrogen-bond donors (Lipinski definition) is 2. The summed E-state index contributed by atoms with van der Waals surface area (Å²) in [5, 5.41) is 14.4. The maximum Gasteiger partial charge on any atom is 0.129 e. The highest BCUT2D eigenvalue weighted by molar-refractivity contribution is 5.84. The van der Waals surface area contributed by atoms with E-state index in [0.29, 0.717) is 12.4 Å². The Morgan fingerprint density at radius 3 is 2.94 bits per heavy atom. The fraction of sp³-hybridized carbons (Fsp3) is 0.308. The minimum atomic E-state index is 0.263. The number of phenols is 1. The number of benzene rings is 1. The number of nitrogens with zero attached hydrogens (tertiary/aromatic N) is 2. The highest BCUT2D eigenvalue weighted by Gasteiger charge is 2.24. The first-order valence-corrected chi connectivity index (χ1v) is 5.85. The first-order chi connectivity index (χ1) is 8.59. The summed E-state index contributed by atoms with van der Waals surface area (Å²) in [4.78, 5) is 0. The van der Waals surface area contributed by atoms with Crippen LogP contribution in [-0.2, 0) is 13.5 Å². The van der Waals surface area contributed by atoms with Gasteiger partial charge in [0.2, 0.25) is 0 Å². The number of nitrogen functional groups attached to an aromatic ring is 1. The zero-order valence-corrected chi connectivity index (χ0v) is 10.4. The average molecular weight is 245 g/mol. The van der Waals surface area contributed by atoms with Gasteiger partial charge in [0.25, 0.3) is 0 Å². The van der Waals surface area contributed by atoms with Crippen molar-refractivity contribution in [1.82, 2.24) is 9.78 Å². The Balaban J connectivity index is 2.32. The standard InChI is InChI=1S/C13H15N3O2/c1-7-5-10-8(3-4-18-10)11(12(7)17)9-6-15-16(2)13(9)14/h5-6,17H,3-4,14H2,1-2H3. The maximum absolute atomic E-state index is 10.3.